The predicted molar refractivity (Wildman–Crippen MR) is 67.5 cm³/mol. The summed E-state index contributed by atoms with van der Waals surface area (Å²) in [4.78, 5) is 22.0. The molecule has 5 nitrogen and oxygen atoms in total. The van der Waals surface area contributed by atoms with Gasteiger partial charge in [0.05, 0.1) is 11.9 Å². The fourth-order valence-electron chi connectivity index (χ4n) is 1.56. The largest absolute Gasteiger partial charge is 0.479 e. The van der Waals surface area contributed by atoms with Crippen LogP contribution < -0.4 is 0 Å². The smallest absolute Gasteiger partial charge is 0.337 e. The summed E-state index contributed by atoms with van der Waals surface area (Å²) in [6.07, 6.45) is -1.53. The molecule has 0 saturated heterocycles. The molecule has 6 heteroatoms. The van der Waals surface area contributed by atoms with E-state index in [1.807, 2.05) is 0 Å². The standard InChI is InChI=1S/C12H13BrO5/c13-5-10(15)4-7-1-8(6-14)3-9(2-7)11(16)12(17)18/h1-3,11,14,16H,4-6H2,(H,17,18). The Balaban J connectivity index is 3.08. The van der Waals surface area contributed by atoms with E-state index in [4.69, 9.17) is 10.2 Å². The Labute approximate surface area is 112 Å². The van der Waals surface area contributed by atoms with Crippen LogP contribution in [0.2, 0.25) is 0 Å². The summed E-state index contributed by atoms with van der Waals surface area (Å²) in [5.74, 6) is -1.44. The van der Waals surface area contributed by atoms with Gasteiger partial charge in [0.15, 0.2) is 6.10 Å². The molecule has 1 aromatic rings. The van der Waals surface area contributed by atoms with Crippen molar-refractivity contribution < 1.29 is 24.9 Å². The molecule has 0 radical (unpaired) electrons. The first-order chi connectivity index (χ1) is 8.47. The number of rotatable bonds is 6. The van der Waals surface area contributed by atoms with E-state index in [2.05, 4.69) is 15.9 Å². The number of alkyl halides is 1. The minimum Gasteiger partial charge on any atom is -0.479 e. The summed E-state index contributed by atoms with van der Waals surface area (Å²) in [6.45, 7) is -0.282. The van der Waals surface area contributed by atoms with Crippen molar-refractivity contribution in [2.45, 2.75) is 19.1 Å². The molecule has 3 N–H and O–H groups in total. The van der Waals surface area contributed by atoms with Gasteiger partial charge in [-0.05, 0) is 16.7 Å². The number of ketones is 1. The van der Waals surface area contributed by atoms with Crippen LogP contribution in [0, 0.1) is 0 Å². The minimum atomic E-state index is -1.66. The SMILES string of the molecule is O=C(CBr)Cc1cc(CO)cc(C(O)C(=O)O)c1. The second kappa shape index (κ2) is 6.63. The average Bonchev–Trinajstić information content (AvgIpc) is 2.36. The van der Waals surface area contributed by atoms with Gasteiger partial charge in [0.2, 0.25) is 0 Å². The zero-order valence-corrected chi connectivity index (χ0v) is 11.1. The van der Waals surface area contributed by atoms with Crippen LogP contribution in [-0.2, 0) is 22.6 Å². The first kappa shape index (κ1) is 14.8. The molecular formula is C12H13BrO5. The number of halogens is 1. The van der Waals surface area contributed by atoms with Gasteiger partial charge in [0, 0.05) is 6.42 Å². The Hall–Kier alpha value is -1.24. The second-order valence-corrected chi connectivity index (χ2v) is 4.39. The van der Waals surface area contributed by atoms with E-state index in [0.717, 1.165) is 0 Å². The number of Topliss-reactive ketones (excluding diaryl/α,β-unsaturated/α-hetero) is 1. The third-order valence-corrected chi connectivity index (χ3v) is 2.98. The van der Waals surface area contributed by atoms with Crippen LogP contribution in [0.5, 0.6) is 0 Å². The minimum absolute atomic E-state index is 0.0687. The molecule has 0 spiro atoms. The van der Waals surface area contributed by atoms with Crippen LogP contribution >= 0.6 is 15.9 Å². The lowest BCUT2D eigenvalue weighted by molar-refractivity contribution is -0.146. The number of hydrogen-bond acceptors (Lipinski definition) is 4. The highest BCUT2D eigenvalue weighted by Gasteiger charge is 2.17. The van der Waals surface area contributed by atoms with Gasteiger partial charge < -0.3 is 15.3 Å². The number of carbonyl (C=O) groups excluding carboxylic acids is 1. The van der Waals surface area contributed by atoms with Gasteiger partial charge in [-0.3, -0.25) is 4.79 Å². The molecule has 98 valence electrons. The van der Waals surface area contributed by atoms with Crippen LogP contribution in [-0.4, -0.2) is 32.4 Å². The van der Waals surface area contributed by atoms with E-state index in [-0.39, 0.29) is 29.7 Å². The molecule has 1 rings (SSSR count). The molecule has 0 aliphatic carbocycles. The zero-order valence-electron chi connectivity index (χ0n) is 9.47. The molecular weight excluding hydrogens is 304 g/mol. The van der Waals surface area contributed by atoms with Gasteiger partial charge in [-0.2, -0.15) is 0 Å². The lowest BCUT2D eigenvalue weighted by atomic mass is 9.99. The number of carbonyl (C=O) groups is 2. The quantitative estimate of drug-likeness (QED) is 0.675. The number of carboxylic acids is 1. The Bertz CT molecular complexity index is 458. The maximum atomic E-state index is 11.3. The molecule has 1 atom stereocenters. The zero-order chi connectivity index (χ0) is 13.7. The van der Waals surface area contributed by atoms with Gasteiger partial charge in [-0.15, -0.1) is 0 Å². The Kier molecular flexibility index (Phi) is 5.46. The van der Waals surface area contributed by atoms with Gasteiger partial charge in [-0.25, -0.2) is 4.79 Å². The summed E-state index contributed by atoms with van der Waals surface area (Å²) in [7, 11) is 0. The van der Waals surface area contributed by atoms with Crippen molar-refractivity contribution in [1.29, 1.82) is 0 Å². The van der Waals surface area contributed by atoms with Crippen molar-refractivity contribution in [2.24, 2.45) is 0 Å². The summed E-state index contributed by atoms with van der Waals surface area (Å²) < 4.78 is 0. The number of aliphatic hydroxyl groups is 2. The average molecular weight is 317 g/mol. The number of hydrogen-bond donors (Lipinski definition) is 3. The molecule has 0 saturated carbocycles. The summed E-state index contributed by atoms with van der Waals surface area (Å²) in [5, 5.41) is 27.5. The number of aliphatic hydroxyl groups excluding tert-OH is 2. The molecule has 18 heavy (non-hydrogen) atoms. The summed E-state index contributed by atoms with van der Waals surface area (Å²) >= 11 is 3.04. The maximum absolute atomic E-state index is 11.3. The summed E-state index contributed by atoms with van der Waals surface area (Å²) in [5.41, 5.74) is 1.19. The lowest BCUT2D eigenvalue weighted by Gasteiger charge is -2.10. The fourth-order valence-corrected chi connectivity index (χ4v) is 1.76. The Morgan fingerprint density at radius 1 is 1.22 bits per heavy atom. The van der Waals surface area contributed by atoms with Crippen molar-refractivity contribution in [3.8, 4) is 0 Å². The third kappa shape index (κ3) is 3.90. The fraction of sp³-hybridized carbons (Fsp3) is 0.333. The molecule has 0 bridgehead atoms. The highest BCUT2D eigenvalue weighted by atomic mass is 79.9. The van der Waals surface area contributed by atoms with Gasteiger partial charge >= 0.3 is 5.97 Å². The van der Waals surface area contributed by atoms with Gasteiger partial charge in [0.1, 0.15) is 5.78 Å². The molecule has 1 unspecified atom stereocenters. The van der Waals surface area contributed by atoms with Crippen molar-refractivity contribution in [3.63, 3.8) is 0 Å². The number of aliphatic carboxylic acids is 1. The molecule has 0 aromatic heterocycles. The molecule has 0 aliphatic rings. The van der Waals surface area contributed by atoms with E-state index in [0.29, 0.717) is 11.1 Å². The second-order valence-electron chi connectivity index (χ2n) is 3.83. The van der Waals surface area contributed by atoms with E-state index in [1.165, 1.54) is 12.1 Å². The number of carboxylic acid groups (broad SMARTS) is 1. The monoisotopic (exact) mass is 316 g/mol. The van der Waals surface area contributed by atoms with Crippen LogP contribution in [0.4, 0.5) is 0 Å². The van der Waals surface area contributed by atoms with Crippen molar-refractivity contribution >= 4 is 27.7 Å². The maximum Gasteiger partial charge on any atom is 0.337 e. The predicted octanol–water partition coefficient (Wildman–Crippen LogP) is 0.803. The lowest BCUT2D eigenvalue weighted by Crippen LogP contribution is -2.12. The highest BCUT2D eigenvalue weighted by Crippen LogP contribution is 2.19. The first-order valence-electron chi connectivity index (χ1n) is 5.20. The van der Waals surface area contributed by atoms with Crippen LogP contribution in [0.25, 0.3) is 0 Å². The Morgan fingerprint density at radius 3 is 2.33 bits per heavy atom. The van der Waals surface area contributed by atoms with Crippen molar-refractivity contribution in [3.05, 3.63) is 34.9 Å². The molecule has 0 aliphatic heterocycles. The topological polar surface area (TPSA) is 94.8 Å². The van der Waals surface area contributed by atoms with E-state index < -0.39 is 12.1 Å². The van der Waals surface area contributed by atoms with E-state index in [1.54, 1.807) is 6.07 Å². The van der Waals surface area contributed by atoms with Crippen molar-refractivity contribution in [2.75, 3.05) is 5.33 Å². The molecule has 1 aromatic carbocycles. The summed E-state index contributed by atoms with van der Waals surface area (Å²) in [6, 6.07) is 4.47. The van der Waals surface area contributed by atoms with Gasteiger partial charge in [0.25, 0.3) is 0 Å². The van der Waals surface area contributed by atoms with Crippen molar-refractivity contribution in [1.82, 2.24) is 0 Å². The number of benzene rings is 1. The van der Waals surface area contributed by atoms with Crippen LogP contribution in [0.1, 0.15) is 22.8 Å². The van der Waals surface area contributed by atoms with Crippen LogP contribution in [0.15, 0.2) is 18.2 Å². The molecule has 0 heterocycles. The molecule has 0 fully saturated rings. The van der Waals surface area contributed by atoms with E-state index >= 15 is 0 Å². The highest BCUT2D eigenvalue weighted by molar-refractivity contribution is 9.09. The van der Waals surface area contributed by atoms with E-state index in [9.17, 15) is 14.7 Å². The Morgan fingerprint density at radius 2 is 1.83 bits per heavy atom. The third-order valence-electron chi connectivity index (χ3n) is 2.36. The molecule has 0 amide bonds. The van der Waals surface area contributed by atoms with Crippen LogP contribution in [0.3, 0.4) is 0 Å². The normalized spacial score (nSPS) is 12.2. The van der Waals surface area contributed by atoms with Gasteiger partial charge in [-0.1, -0.05) is 34.1 Å². The first-order valence-corrected chi connectivity index (χ1v) is 6.32.